The Morgan fingerprint density at radius 2 is 1.95 bits per heavy atom. The molecule has 4 nitrogen and oxygen atoms in total. The van der Waals surface area contributed by atoms with Crippen LogP contribution < -0.4 is 0 Å². The fourth-order valence-corrected chi connectivity index (χ4v) is 3.44. The van der Waals surface area contributed by atoms with Crippen molar-refractivity contribution in [3.8, 4) is 6.07 Å². The molecule has 1 heterocycles. The molecule has 2 N–H and O–H groups in total. The maximum absolute atomic E-state index is 13.4. The number of nitriles is 1. The van der Waals surface area contributed by atoms with Gasteiger partial charge in [0.15, 0.2) is 5.79 Å². The number of hydrogen-bond acceptors (Lipinski definition) is 4. The first-order valence-corrected chi connectivity index (χ1v) is 7.10. The predicted molar refractivity (Wildman–Crippen MR) is 73.0 cm³/mol. The Bertz CT molecular complexity index is 555. The zero-order valence-electron chi connectivity index (χ0n) is 12.6. The molecule has 0 aromatic rings. The lowest BCUT2D eigenvalue weighted by molar-refractivity contribution is -0.187. The molecule has 0 radical (unpaired) electrons. The van der Waals surface area contributed by atoms with Gasteiger partial charge in [-0.05, 0) is 39.3 Å². The number of allylic oxidation sites excluding steroid dienone is 4. The van der Waals surface area contributed by atoms with E-state index in [1.54, 1.807) is 24.8 Å². The number of aliphatic hydroxyl groups is 2. The summed E-state index contributed by atoms with van der Waals surface area (Å²) in [5, 5.41) is 28.5. The first-order chi connectivity index (χ1) is 9.98. The van der Waals surface area contributed by atoms with E-state index < -0.39 is 29.8 Å². The van der Waals surface area contributed by atoms with Gasteiger partial charge in [0.1, 0.15) is 0 Å². The Kier molecular flexibility index (Phi) is 4.05. The van der Waals surface area contributed by atoms with Crippen LogP contribution in [0, 0.1) is 23.2 Å². The van der Waals surface area contributed by atoms with Crippen molar-refractivity contribution in [1.29, 1.82) is 5.26 Å². The monoisotopic (exact) mass is 316 g/mol. The van der Waals surface area contributed by atoms with Crippen LogP contribution in [-0.2, 0) is 0 Å². The minimum Gasteiger partial charge on any atom is -0.364 e. The molecule has 2 unspecified atom stereocenters. The van der Waals surface area contributed by atoms with E-state index in [1.807, 2.05) is 0 Å². The van der Waals surface area contributed by atoms with E-state index in [2.05, 4.69) is 0 Å². The average molecular weight is 316 g/mol. The lowest BCUT2D eigenvalue weighted by atomic mass is 9.79. The van der Waals surface area contributed by atoms with Gasteiger partial charge in [-0.1, -0.05) is 0 Å². The predicted octanol–water partition coefficient (Wildman–Crippen LogP) is 2.31. The molecule has 0 spiro atoms. The highest BCUT2D eigenvalue weighted by atomic mass is 19.4. The molecule has 122 valence electrons. The molecular formula is C15H19F3N2O2. The van der Waals surface area contributed by atoms with Crippen molar-refractivity contribution in [2.24, 2.45) is 11.8 Å². The van der Waals surface area contributed by atoms with E-state index in [0.717, 1.165) is 0 Å². The van der Waals surface area contributed by atoms with Gasteiger partial charge in [-0.25, -0.2) is 0 Å². The molecule has 1 aliphatic heterocycles. The zero-order chi connectivity index (χ0) is 16.9. The molecule has 2 aliphatic rings. The summed E-state index contributed by atoms with van der Waals surface area (Å²) in [5.74, 6) is -4.73. The Balaban J connectivity index is 2.45. The van der Waals surface area contributed by atoms with Gasteiger partial charge >= 0.3 is 6.18 Å². The van der Waals surface area contributed by atoms with Crippen molar-refractivity contribution in [2.45, 2.75) is 51.2 Å². The second-order valence-corrected chi connectivity index (χ2v) is 6.21. The smallest absolute Gasteiger partial charge is 0.364 e. The number of nitrogens with zero attached hydrogens (tertiary/aromatic N) is 2. The number of hydrogen-bond donors (Lipinski definition) is 2. The summed E-state index contributed by atoms with van der Waals surface area (Å²) in [6, 6.07) is 0.605. The van der Waals surface area contributed by atoms with Gasteiger partial charge in [-0.2, -0.15) is 18.4 Å². The third kappa shape index (κ3) is 2.73. The summed E-state index contributed by atoms with van der Waals surface area (Å²) in [6.07, 6.45) is -1.60. The number of likely N-dealkylation sites (tertiary alicyclic amines) is 1. The van der Waals surface area contributed by atoms with Crippen molar-refractivity contribution in [2.75, 3.05) is 0 Å². The van der Waals surface area contributed by atoms with Crippen LogP contribution in [0.1, 0.15) is 27.2 Å². The lowest BCUT2D eigenvalue weighted by Gasteiger charge is -2.39. The summed E-state index contributed by atoms with van der Waals surface area (Å²) in [4.78, 5) is 1.62. The molecule has 0 amide bonds. The first kappa shape index (κ1) is 16.8. The minimum absolute atomic E-state index is 0.218. The van der Waals surface area contributed by atoms with Crippen molar-refractivity contribution < 1.29 is 23.4 Å². The van der Waals surface area contributed by atoms with Gasteiger partial charge in [0.05, 0.1) is 18.0 Å². The summed E-state index contributed by atoms with van der Waals surface area (Å²) >= 11 is 0. The molecule has 0 bridgehead atoms. The van der Waals surface area contributed by atoms with Crippen LogP contribution in [0.2, 0.25) is 0 Å². The third-order valence-corrected chi connectivity index (χ3v) is 4.61. The van der Waals surface area contributed by atoms with Gasteiger partial charge < -0.3 is 15.1 Å². The van der Waals surface area contributed by atoms with E-state index in [4.69, 9.17) is 5.26 Å². The molecule has 0 saturated carbocycles. The lowest BCUT2D eigenvalue weighted by Crippen LogP contribution is -2.50. The van der Waals surface area contributed by atoms with Crippen LogP contribution in [0.3, 0.4) is 0 Å². The summed E-state index contributed by atoms with van der Waals surface area (Å²) in [6.45, 7) is 4.52. The van der Waals surface area contributed by atoms with E-state index in [-0.39, 0.29) is 18.0 Å². The maximum atomic E-state index is 13.4. The van der Waals surface area contributed by atoms with Gasteiger partial charge in [-0.3, -0.25) is 0 Å². The summed E-state index contributed by atoms with van der Waals surface area (Å²) in [5.41, 5.74) is 0.120. The molecule has 1 saturated heterocycles. The highest BCUT2D eigenvalue weighted by molar-refractivity contribution is 5.39. The van der Waals surface area contributed by atoms with Crippen molar-refractivity contribution in [3.63, 3.8) is 0 Å². The molecule has 0 aromatic heterocycles. The normalized spacial score (nSPS) is 30.3. The minimum atomic E-state index is -4.51. The zero-order valence-corrected chi connectivity index (χ0v) is 12.6. The van der Waals surface area contributed by atoms with E-state index in [0.29, 0.717) is 5.70 Å². The third-order valence-electron chi connectivity index (χ3n) is 4.61. The highest BCUT2D eigenvalue weighted by Crippen LogP contribution is 2.50. The molecular weight excluding hydrogens is 297 g/mol. The Hall–Kier alpha value is -1.52. The second kappa shape index (κ2) is 5.28. The summed E-state index contributed by atoms with van der Waals surface area (Å²) < 4.78 is 40.1. The molecule has 1 aliphatic carbocycles. The summed E-state index contributed by atoms with van der Waals surface area (Å²) in [7, 11) is 0. The number of fused-ring (bicyclic) bond motifs is 1. The fraction of sp³-hybridized carbons (Fsp3) is 0.667. The van der Waals surface area contributed by atoms with Crippen LogP contribution in [0.4, 0.5) is 13.2 Å². The van der Waals surface area contributed by atoms with E-state index in [1.165, 1.54) is 19.1 Å². The van der Waals surface area contributed by atoms with Gasteiger partial charge in [0, 0.05) is 23.2 Å². The number of rotatable bonds is 2. The van der Waals surface area contributed by atoms with Crippen LogP contribution in [-0.4, -0.2) is 39.2 Å². The Morgan fingerprint density at radius 1 is 1.36 bits per heavy atom. The quantitative estimate of drug-likeness (QED) is 0.767. The Morgan fingerprint density at radius 3 is 2.41 bits per heavy atom. The Labute approximate surface area is 127 Å². The molecule has 4 atom stereocenters. The molecule has 7 heteroatoms. The van der Waals surface area contributed by atoms with Crippen LogP contribution in [0.25, 0.3) is 0 Å². The van der Waals surface area contributed by atoms with Crippen LogP contribution in [0.5, 0.6) is 0 Å². The largest absolute Gasteiger partial charge is 0.397 e. The number of halogens is 3. The SMILES string of the molecule is CC(N1C2=CC=C(C#N)C(C(F)(F)F)[C@@H]2C[C@@H]1C)C(C)(O)O. The first-order valence-electron chi connectivity index (χ1n) is 7.10. The van der Waals surface area contributed by atoms with Crippen molar-refractivity contribution >= 4 is 0 Å². The van der Waals surface area contributed by atoms with Crippen LogP contribution in [0.15, 0.2) is 23.4 Å². The van der Waals surface area contributed by atoms with E-state index >= 15 is 0 Å². The van der Waals surface area contributed by atoms with Gasteiger partial charge in [0.25, 0.3) is 0 Å². The maximum Gasteiger partial charge on any atom is 0.397 e. The van der Waals surface area contributed by atoms with Crippen LogP contribution >= 0.6 is 0 Å². The molecule has 22 heavy (non-hydrogen) atoms. The van der Waals surface area contributed by atoms with Crippen molar-refractivity contribution in [1.82, 2.24) is 4.90 Å². The van der Waals surface area contributed by atoms with E-state index in [9.17, 15) is 23.4 Å². The second-order valence-electron chi connectivity index (χ2n) is 6.21. The molecule has 2 rings (SSSR count). The molecule has 1 fully saturated rings. The van der Waals surface area contributed by atoms with Crippen molar-refractivity contribution in [3.05, 3.63) is 23.4 Å². The molecule has 0 aromatic carbocycles. The van der Waals surface area contributed by atoms with Gasteiger partial charge in [0.2, 0.25) is 0 Å². The highest BCUT2D eigenvalue weighted by Gasteiger charge is 2.54. The number of alkyl halides is 3. The van der Waals surface area contributed by atoms with Gasteiger partial charge in [-0.15, -0.1) is 0 Å². The average Bonchev–Trinajstić information content (AvgIpc) is 2.69. The topological polar surface area (TPSA) is 67.5 Å². The standard InChI is InChI=1S/C15H19F3N2O2/c1-8-6-11-12(20(8)9(2)14(3,21)22)5-4-10(7-19)13(11)15(16,17)18/h4-5,8-9,11,13,21-22H,6H2,1-3H3/t8-,9?,11+,13?/m0/s1. The fourth-order valence-electron chi connectivity index (χ4n) is 3.44.